The Morgan fingerprint density at radius 3 is 2.95 bits per heavy atom. The van der Waals surface area contributed by atoms with Crippen LogP contribution in [0.2, 0.25) is 0 Å². The number of carbonyl (C=O) groups excluding carboxylic acids is 1. The van der Waals surface area contributed by atoms with Crippen LogP contribution in [0.15, 0.2) is 22.7 Å². The monoisotopic (exact) mass is 349 g/mol. The van der Waals surface area contributed by atoms with Gasteiger partial charge in [-0.2, -0.15) is 5.10 Å². The minimum Gasteiger partial charge on any atom is -0.399 e. The van der Waals surface area contributed by atoms with Gasteiger partial charge in [-0.15, -0.1) is 0 Å². The van der Waals surface area contributed by atoms with Gasteiger partial charge in [-0.3, -0.25) is 4.79 Å². The maximum Gasteiger partial charge on any atom is 0.270 e. The van der Waals surface area contributed by atoms with E-state index in [1.54, 1.807) is 4.68 Å². The van der Waals surface area contributed by atoms with Gasteiger partial charge in [-0.25, -0.2) is 4.68 Å². The van der Waals surface area contributed by atoms with Crippen LogP contribution < -0.4 is 16.8 Å². The summed E-state index contributed by atoms with van der Waals surface area (Å²) in [5.74, 6) is 0.229. The Morgan fingerprint density at radius 2 is 2.29 bits per heavy atom. The highest BCUT2D eigenvalue weighted by Crippen LogP contribution is 2.36. The molecule has 2 aromatic rings. The molecule has 2 heterocycles. The van der Waals surface area contributed by atoms with Crippen molar-refractivity contribution in [3.63, 3.8) is 0 Å². The van der Waals surface area contributed by atoms with Crippen LogP contribution in [-0.2, 0) is 0 Å². The molecule has 0 aliphatic carbocycles. The molecule has 21 heavy (non-hydrogen) atoms. The number of hydrogen-bond donors (Lipinski definition) is 3. The first-order chi connectivity index (χ1) is 9.99. The minimum absolute atomic E-state index is 0.0357. The number of nitrogens with two attached hydrogens (primary N) is 2. The lowest BCUT2D eigenvalue weighted by molar-refractivity contribution is 0.0994. The third kappa shape index (κ3) is 2.27. The van der Waals surface area contributed by atoms with Crippen molar-refractivity contribution < 1.29 is 4.79 Å². The summed E-state index contributed by atoms with van der Waals surface area (Å²) in [4.78, 5) is 11.5. The fraction of sp³-hybridized carbons (Fsp3) is 0.286. The van der Waals surface area contributed by atoms with Gasteiger partial charge in [-0.05, 0) is 46.5 Å². The summed E-state index contributed by atoms with van der Waals surface area (Å²) in [5.41, 5.74) is 14.5. The average molecular weight is 350 g/mol. The normalized spacial score (nSPS) is 17.1. The number of fused-ring (bicyclic) bond motifs is 1. The summed E-state index contributed by atoms with van der Waals surface area (Å²) in [5, 5.41) is 7.60. The summed E-state index contributed by atoms with van der Waals surface area (Å²) in [7, 11) is 0. The van der Waals surface area contributed by atoms with Gasteiger partial charge in [0.15, 0.2) is 5.69 Å². The second-order valence-electron chi connectivity index (χ2n) is 5.17. The van der Waals surface area contributed by atoms with Gasteiger partial charge in [0.1, 0.15) is 5.82 Å². The third-order valence-electron chi connectivity index (χ3n) is 3.78. The molecule has 0 bridgehead atoms. The molecule has 1 aliphatic heterocycles. The van der Waals surface area contributed by atoms with Gasteiger partial charge in [0, 0.05) is 12.2 Å². The number of primary amides is 1. The minimum atomic E-state index is -0.548. The second-order valence-corrected chi connectivity index (χ2v) is 5.96. The summed E-state index contributed by atoms with van der Waals surface area (Å²) in [6.07, 6.45) is 0.863. The second kappa shape index (κ2) is 5.07. The van der Waals surface area contributed by atoms with Crippen LogP contribution >= 0.6 is 15.9 Å². The summed E-state index contributed by atoms with van der Waals surface area (Å²) >= 11 is 3.39. The fourth-order valence-electron chi connectivity index (χ4n) is 2.58. The van der Waals surface area contributed by atoms with Gasteiger partial charge in [0.25, 0.3) is 5.91 Å². The molecule has 1 amide bonds. The van der Waals surface area contributed by atoms with Crippen LogP contribution in [-0.4, -0.2) is 22.2 Å². The third-order valence-corrected chi connectivity index (χ3v) is 4.53. The topological polar surface area (TPSA) is 99.0 Å². The van der Waals surface area contributed by atoms with Crippen molar-refractivity contribution in [2.45, 2.75) is 19.4 Å². The zero-order valence-corrected chi connectivity index (χ0v) is 13.1. The van der Waals surface area contributed by atoms with E-state index in [-0.39, 0.29) is 11.7 Å². The molecule has 1 aromatic carbocycles. The smallest absolute Gasteiger partial charge is 0.270 e. The van der Waals surface area contributed by atoms with Crippen LogP contribution in [0.25, 0.3) is 0 Å². The molecule has 0 fully saturated rings. The number of hydrogen-bond acceptors (Lipinski definition) is 4. The van der Waals surface area contributed by atoms with E-state index < -0.39 is 5.91 Å². The van der Waals surface area contributed by atoms with Crippen LogP contribution in [0.1, 0.15) is 34.1 Å². The van der Waals surface area contributed by atoms with Crippen molar-refractivity contribution >= 4 is 33.3 Å². The van der Waals surface area contributed by atoms with Crippen molar-refractivity contribution in [3.8, 4) is 0 Å². The number of nitrogen functional groups attached to an aromatic ring is 1. The molecule has 110 valence electrons. The van der Waals surface area contributed by atoms with Crippen LogP contribution in [0.4, 0.5) is 11.5 Å². The highest BCUT2D eigenvalue weighted by Gasteiger charge is 2.28. The average Bonchev–Trinajstić information content (AvgIpc) is 2.80. The van der Waals surface area contributed by atoms with E-state index in [0.717, 1.165) is 35.6 Å². The molecule has 0 saturated carbocycles. The molecule has 1 unspecified atom stereocenters. The molecule has 1 aliphatic rings. The first-order valence-corrected chi connectivity index (χ1v) is 7.46. The molecular formula is C14H16BrN5O. The van der Waals surface area contributed by atoms with E-state index in [0.29, 0.717) is 4.47 Å². The van der Waals surface area contributed by atoms with Gasteiger partial charge in [-0.1, -0.05) is 12.1 Å². The zero-order chi connectivity index (χ0) is 15.1. The Labute approximate surface area is 130 Å². The predicted octanol–water partition coefficient (Wildman–Crippen LogP) is 2.04. The van der Waals surface area contributed by atoms with Gasteiger partial charge < -0.3 is 16.8 Å². The molecule has 7 heteroatoms. The first kappa shape index (κ1) is 13.9. The summed E-state index contributed by atoms with van der Waals surface area (Å²) in [6.45, 7) is 2.77. The quantitative estimate of drug-likeness (QED) is 0.722. The predicted molar refractivity (Wildman–Crippen MR) is 85.3 cm³/mol. The largest absolute Gasteiger partial charge is 0.399 e. The number of halogens is 1. The van der Waals surface area contributed by atoms with E-state index in [1.807, 2.05) is 25.1 Å². The Hall–Kier alpha value is -2.02. The summed E-state index contributed by atoms with van der Waals surface area (Å²) < 4.78 is 2.41. The number of anilines is 2. The first-order valence-electron chi connectivity index (χ1n) is 6.66. The van der Waals surface area contributed by atoms with E-state index in [1.165, 1.54) is 0 Å². The van der Waals surface area contributed by atoms with Gasteiger partial charge in [0.2, 0.25) is 0 Å². The molecule has 0 radical (unpaired) electrons. The van der Waals surface area contributed by atoms with E-state index in [9.17, 15) is 4.79 Å². The zero-order valence-electron chi connectivity index (χ0n) is 11.6. The molecule has 5 N–H and O–H groups in total. The molecule has 0 spiro atoms. The Balaban J connectivity index is 2.10. The maximum absolute atomic E-state index is 11.5. The molecule has 0 saturated heterocycles. The standard InChI is InChI=1S/C14H16BrN5O/c1-7-2-3-8(6-9(7)16)10-4-5-18-14-11(15)12(13(17)21)19-20(10)14/h2-3,6,10,18H,4-5,16H2,1H3,(H2,17,21). The molecular weight excluding hydrogens is 334 g/mol. The van der Waals surface area contributed by atoms with Crippen LogP contribution in [0.3, 0.4) is 0 Å². The Kier molecular flexibility index (Phi) is 3.36. The van der Waals surface area contributed by atoms with Crippen molar-refractivity contribution in [2.24, 2.45) is 5.73 Å². The highest BCUT2D eigenvalue weighted by atomic mass is 79.9. The van der Waals surface area contributed by atoms with Crippen molar-refractivity contribution in [1.29, 1.82) is 0 Å². The Morgan fingerprint density at radius 1 is 1.52 bits per heavy atom. The van der Waals surface area contributed by atoms with Crippen molar-refractivity contribution in [1.82, 2.24) is 9.78 Å². The summed E-state index contributed by atoms with van der Waals surface area (Å²) in [6, 6.07) is 6.05. The SMILES string of the molecule is Cc1ccc(C2CCNc3c(Br)c(C(N)=O)nn32)cc1N. The molecule has 3 rings (SSSR count). The fourth-order valence-corrected chi connectivity index (χ4v) is 3.18. The van der Waals surface area contributed by atoms with Crippen LogP contribution in [0, 0.1) is 6.92 Å². The van der Waals surface area contributed by atoms with Gasteiger partial charge >= 0.3 is 0 Å². The molecule has 1 aromatic heterocycles. The maximum atomic E-state index is 11.5. The number of amides is 1. The lowest BCUT2D eigenvalue weighted by Crippen LogP contribution is -2.24. The number of benzene rings is 1. The lowest BCUT2D eigenvalue weighted by atomic mass is 10.00. The number of carbonyl (C=O) groups is 1. The van der Waals surface area contributed by atoms with Crippen molar-refractivity contribution in [3.05, 3.63) is 39.5 Å². The number of rotatable bonds is 2. The van der Waals surface area contributed by atoms with Crippen LogP contribution in [0.5, 0.6) is 0 Å². The van der Waals surface area contributed by atoms with Gasteiger partial charge in [0.05, 0.1) is 10.5 Å². The van der Waals surface area contributed by atoms with E-state index in [2.05, 4.69) is 26.3 Å². The molecule has 1 atom stereocenters. The number of nitrogens with one attached hydrogen (secondary N) is 1. The number of nitrogens with zero attached hydrogens (tertiary/aromatic N) is 2. The lowest BCUT2D eigenvalue weighted by Gasteiger charge is -2.26. The number of aryl methyl sites for hydroxylation is 1. The van der Waals surface area contributed by atoms with E-state index in [4.69, 9.17) is 11.5 Å². The molecule has 6 nitrogen and oxygen atoms in total. The highest BCUT2D eigenvalue weighted by molar-refractivity contribution is 9.10. The van der Waals surface area contributed by atoms with E-state index >= 15 is 0 Å². The van der Waals surface area contributed by atoms with Crippen molar-refractivity contribution in [2.75, 3.05) is 17.6 Å². The Bertz CT molecular complexity index is 724. The number of aromatic nitrogens is 2.